The van der Waals surface area contributed by atoms with E-state index in [9.17, 15) is 5.11 Å². The summed E-state index contributed by atoms with van der Waals surface area (Å²) in [7, 11) is 5.48. The van der Waals surface area contributed by atoms with E-state index in [0.29, 0.717) is 11.8 Å². The van der Waals surface area contributed by atoms with Gasteiger partial charge in [-0.15, -0.1) is 0 Å². The lowest BCUT2D eigenvalue weighted by molar-refractivity contribution is 0.100. The summed E-state index contributed by atoms with van der Waals surface area (Å²) >= 11 is 0. The summed E-state index contributed by atoms with van der Waals surface area (Å²) in [6.07, 6.45) is 4.85. The Bertz CT molecular complexity index is 655. The molecule has 25 heavy (non-hydrogen) atoms. The Balaban J connectivity index is 2.06. The molecule has 138 valence electrons. The second-order valence-corrected chi connectivity index (χ2v) is 7.96. The van der Waals surface area contributed by atoms with Crippen LogP contribution in [0, 0.1) is 11.8 Å². The van der Waals surface area contributed by atoms with Crippen LogP contribution in [0.2, 0.25) is 0 Å². The highest BCUT2D eigenvalue weighted by atomic mass is 16.5. The Morgan fingerprint density at radius 2 is 1.96 bits per heavy atom. The molecular weight excluding hydrogens is 314 g/mol. The van der Waals surface area contributed by atoms with Gasteiger partial charge < -0.3 is 19.5 Å². The molecule has 3 rings (SSSR count). The maximum Gasteiger partial charge on any atom is 0.161 e. The van der Waals surface area contributed by atoms with Crippen LogP contribution in [-0.2, 0) is 5.41 Å². The fourth-order valence-corrected chi connectivity index (χ4v) is 4.70. The number of fused-ring (bicyclic) bond motifs is 1. The first-order valence-electron chi connectivity index (χ1n) is 9.25. The van der Waals surface area contributed by atoms with Crippen LogP contribution in [0.25, 0.3) is 0 Å². The van der Waals surface area contributed by atoms with Gasteiger partial charge >= 0.3 is 0 Å². The van der Waals surface area contributed by atoms with Crippen LogP contribution >= 0.6 is 0 Å². The molecule has 1 aliphatic carbocycles. The van der Waals surface area contributed by atoms with E-state index >= 15 is 0 Å². The van der Waals surface area contributed by atoms with Gasteiger partial charge in [0.05, 0.1) is 20.3 Å². The molecule has 1 aliphatic heterocycles. The van der Waals surface area contributed by atoms with E-state index in [2.05, 4.69) is 44.0 Å². The zero-order chi connectivity index (χ0) is 18.2. The van der Waals surface area contributed by atoms with E-state index in [0.717, 1.165) is 37.3 Å². The smallest absolute Gasteiger partial charge is 0.161 e. The SMILES string of the molecule is COc1ccc([C@]23CCN(C)C2=C[C@@H](O)[C@H](CC(C)C)C3)cc1OC. The molecule has 0 unspecified atom stereocenters. The van der Waals surface area contributed by atoms with Crippen LogP contribution in [0.1, 0.15) is 38.7 Å². The first-order valence-corrected chi connectivity index (χ1v) is 9.25. The fourth-order valence-electron chi connectivity index (χ4n) is 4.70. The molecule has 0 bridgehead atoms. The number of allylic oxidation sites excluding steroid dienone is 1. The number of ether oxygens (including phenoxy) is 2. The lowest BCUT2D eigenvalue weighted by Crippen LogP contribution is -2.39. The maximum atomic E-state index is 10.7. The molecule has 0 aromatic heterocycles. The van der Waals surface area contributed by atoms with Crippen molar-refractivity contribution in [2.24, 2.45) is 11.8 Å². The highest BCUT2D eigenvalue weighted by molar-refractivity contribution is 5.49. The van der Waals surface area contributed by atoms with Crippen LogP contribution in [-0.4, -0.2) is 43.9 Å². The molecule has 1 N–H and O–H groups in total. The molecule has 4 nitrogen and oxygen atoms in total. The lowest BCUT2D eigenvalue weighted by Gasteiger charge is -2.42. The second kappa shape index (κ2) is 6.91. The monoisotopic (exact) mass is 345 g/mol. The molecule has 0 saturated carbocycles. The standard InChI is InChI=1S/C21H31NO3/c1-14(2)10-15-13-21(8-9-22(3)20(21)12-17(15)23)16-6-7-18(24-4)19(11-16)25-5/h6-7,11-12,14-15,17,23H,8-10,13H2,1-5H3/t15-,17-,21-/m1/s1. The summed E-state index contributed by atoms with van der Waals surface area (Å²) in [6, 6.07) is 6.29. The van der Waals surface area contributed by atoms with E-state index in [1.54, 1.807) is 14.2 Å². The van der Waals surface area contributed by atoms with Gasteiger partial charge in [-0.05, 0) is 54.9 Å². The highest BCUT2D eigenvalue weighted by Gasteiger charge is 2.48. The van der Waals surface area contributed by atoms with Crippen molar-refractivity contribution in [3.8, 4) is 11.5 Å². The van der Waals surface area contributed by atoms with Crippen molar-refractivity contribution >= 4 is 0 Å². The number of methoxy groups -OCH3 is 2. The zero-order valence-corrected chi connectivity index (χ0v) is 16.1. The van der Waals surface area contributed by atoms with Crippen LogP contribution < -0.4 is 9.47 Å². The molecule has 3 atom stereocenters. The maximum absolute atomic E-state index is 10.7. The van der Waals surface area contributed by atoms with Gasteiger partial charge in [0.1, 0.15) is 0 Å². The number of nitrogens with zero attached hydrogens (tertiary/aromatic N) is 1. The predicted molar refractivity (Wildman–Crippen MR) is 100 cm³/mol. The quantitative estimate of drug-likeness (QED) is 0.885. The van der Waals surface area contributed by atoms with Crippen LogP contribution in [0.3, 0.4) is 0 Å². The Hall–Kier alpha value is -1.68. The van der Waals surface area contributed by atoms with Gasteiger partial charge in [0.2, 0.25) is 0 Å². The third kappa shape index (κ3) is 3.12. The van der Waals surface area contributed by atoms with Gasteiger partial charge in [-0.3, -0.25) is 0 Å². The summed E-state index contributed by atoms with van der Waals surface area (Å²) < 4.78 is 11.0. The molecule has 1 aromatic rings. The summed E-state index contributed by atoms with van der Waals surface area (Å²) in [4.78, 5) is 2.30. The summed E-state index contributed by atoms with van der Waals surface area (Å²) in [5, 5.41) is 10.7. The van der Waals surface area contributed by atoms with Gasteiger partial charge in [-0.25, -0.2) is 0 Å². The highest BCUT2D eigenvalue weighted by Crippen LogP contribution is 2.52. The average molecular weight is 345 g/mol. The van der Waals surface area contributed by atoms with Crippen molar-refractivity contribution in [2.75, 3.05) is 27.8 Å². The van der Waals surface area contributed by atoms with Crippen LogP contribution in [0.4, 0.5) is 0 Å². The van der Waals surface area contributed by atoms with Crippen LogP contribution in [0.5, 0.6) is 11.5 Å². The van der Waals surface area contributed by atoms with Gasteiger partial charge in [0, 0.05) is 24.7 Å². The van der Waals surface area contributed by atoms with E-state index in [4.69, 9.17) is 9.47 Å². The molecule has 4 heteroatoms. The molecule has 1 saturated heterocycles. The van der Waals surface area contributed by atoms with Gasteiger partial charge in [-0.1, -0.05) is 19.9 Å². The van der Waals surface area contributed by atoms with Crippen molar-refractivity contribution in [1.82, 2.24) is 4.90 Å². The summed E-state index contributed by atoms with van der Waals surface area (Å²) in [5.41, 5.74) is 2.49. The van der Waals surface area contributed by atoms with Crippen molar-refractivity contribution in [3.63, 3.8) is 0 Å². The lowest BCUT2D eigenvalue weighted by atomic mass is 9.65. The predicted octanol–water partition coefficient (Wildman–Crippen LogP) is 3.59. The minimum Gasteiger partial charge on any atom is -0.493 e. The van der Waals surface area contributed by atoms with Crippen molar-refractivity contribution in [2.45, 2.75) is 44.6 Å². The van der Waals surface area contributed by atoms with Crippen molar-refractivity contribution in [3.05, 3.63) is 35.5 Å². The topological polar surface area (TPSA) is 41.9 Å². The number of likely N-dealkylation sites (tertiary alicyclic amines) is 1. The minimum absolute atomic E-state index is 0.0346. The molecule has 0 radical (unpaired) electrons. The Morgan fingerprint density at radius 3 is 2.60 bits per heavy atom. The summed E-state index contributed by atoms with van der Waals surface area (Å²) in [6.45, 7) is 5.48. The molecule has 1 fully saturated rings. The van der Waals surface area contributed by atoms with E-state index in [1.807, 2.05) is 6.07 Å². The van der Waals surface area contributed by atoms with Crippen molar-refractivity contribution < 1.29 is 14.6 Å². The summed E-state index contributed by atoms with van der Waals surface area (Å²) in [5.74, 6) is 2.41. The van der Waals surface area contributed by atoms with Crippen LogP contribution in [0.15, 0.2) is 30.0 Å². The first-order chi connectivity index (χ1) is 11.9. The molecule has 0 spiro atoms. The number of likely N-dealkylation sites (N-methyl/N-ethyl adjacent to an activating group) is 1. The number of aliphatic hydroxyl groups excluding tert-OH is 1. The molecule has 2 aliphatic rings. The zero-order valence-electron chi connectivity index (χ0n) is 16.1. The third-order valence-corrected chi connectivity index (χ3v) is 5.91. The Morgan fingerprint density at radius 1 is 1.24 bits per heavy atom. The largest absolute Gasteiger partial charge is 0.493 e. The number of aliphatic hydroxyl groups is 1. The Kier molecular flexibility index (Phi) is 5.01. The van der Waals surface area contributed by atoms with Gasteiger partial charge in [0.15, 0.2) is 11.5 Å². The van der Waals surface area contributed by atoms with Gasteiger partial charge in [-0.2, -0.15) is 0 Å². The molecular formula is C21H31NO3. The number of rotatable bonds is 5. The van der Waals surface area contributed by atoms with E-state index < -0.39 is 0 Å². The van der Waals surface area contributed by atoms with E-state index in [-0.39, 0.29) is 11.5 Å². The van der Waals surface area contributed by atoms with Crippen molar-refractivity contribution in [1.29, 1.82) is 0 Å². The molecule has 1 aromatic carbocycles. The number of hydrogen-bond acceptors (Lipinski definition) is 4. The minimum atomic E-state index is -0.355. The molecule has 0 amide bonds. The Labute approximate surface area is 151 Å². The fraction of sp³-hybridized carbons (Fsp3) is 0.619. The molecule has 1 heterocycles. The third-order valence-electron chi connectivity index (χ3n) is 5.91. The normalized spacial score (nSPS) is 28.8. The number of benzene rings is 1. The van der Waals surface area contributed by atoms with Gasteiger partial charge in [0.25, 0.3) is 0 Å². The average Bonchev–Trinajstić information content (AvgIpc) is 2.91. The van der Waals surface area contributed by atoms with E-state index in [1.165, 1.54) is 11.3 Å². The number of hydrogen-bond donors (Lipinski definition) is 1. The first kappa shape index (κ1) is 18.1. The second-order valence-electron chi connectivity index (χ2n) is 7.96.